The molecule has 0 atom stereocenters. The third-order valence-electron chi connectivity index (χ3n) is 3.89. The summed E-state index contributed by atoms with van der Waals surface area (Å²) >= 11 is 0. The summed E-state index contributed by atoms with van der Waals surface area (Å²) in [6.45, 7) is 0. The van der Waals surface area contributed by atoms with Gasteiger partial charge in [0.1, 0.15) is 5.82 Å². The standard InChI is InChI=1S/C14H17FO4/c1-19-11-8-9(15)7-10(12(11)16)14(13(17)18)5-3-2-4-6-14/h7-8,16H,2-6H2,1H3,(H,17,18). The van der Waals surface area contributed by atoms with Gasteiger partial charge in [-0.25, -0.2) is 4.39 Å². The number of hydrogen-bond donors (Lipinski definition) is 2. The Labute approximate surface area is 110 Å². The molecule has 1 aliphatic rings. The summed E-state index contributed by atoms with van der Waals surface area (Å²) in [7, 11) is 1.31. The summed E-state index contributed by atoms with van der Waals surface area (Å²) in [6.07, 6.45) is 3.28. The van der Waals surface area contributed by atoms with E-state index in [1.807, 2.05) is 0 Å². The third-order valence-corrected chi connectivity index (χ3v) is 3.89. The molecule has 2 rings (SSSR count). The maximum atomic E-state index is 13.6. The lowest BCUT2D eigenvalue weighted by Crippen LogP contribution is -2.38. The van der Waals surface area contributed by atoms with Crippen LogP contribution in [0.2, 0.25) is 0 Å². The molecular formula is C14H17FO4. The Balaban J connectivity index is 2.59. The monoisotopic (exact) mass is 268 g/mol. The number of ether oxygens (including phenoxy) is 1. The van der Waals surface area contributed by atoms with Crippen LogP contribution < -0.4 is 4.74 Å². The number of carboxylic acid groups (broad SMARTS) is 1. The summed E-state index contributed by atoms with van der Waals surface area (Å²) in [5.41, 5.74) is -1.09. The van der Waals surface area contributed by atoms with Crippen molar-refractivity contribution in [2.45, 2.75) is 37.5 Å². The highest BCUT2D eigenvalue weighted by Crippen LogP contribution is 2.46. The second kappa shape index (κ2) is 5.07. The fourth-order valence-corrected chi connectivity index (χ4v) is 2.85. The van der Waals surface area contributed by atoms with Crippen molar-refractivity contribution in [3.05, 3.63) is 23.5 Å². The van der Waals surface area contributed by atoms with Gasteiger partial charge in [-0.05, 0) is 18.9 Å². The number of benzene rings is 1. The second-order valence-corrected chi connectivity index (χ2v) is 4.95. The Hall–Kier alpha value is -1.78. The fourth-order valence-electron chi connectivity index (χ4n) is 2.85. The molecule has 2 N–H and O–H groups in total. The van der Waals surface area contributed by atoms with Crippen molar-refractivity contribution in [3.63, 3.8) is 0 Å². The normalized spacial score (nSPS) is 18.0. The van der Waals surface area contributed by atoms with Crippen LogP contribution in [0.4, 0.5) is 4.39 Å². The lowest BCUT2D eigenvalue weighted by Gasteiger charge is -2.34. The lowest BCUT2D eigenvalue weighted by atomic mass is 9.69. The Bertz CT molecular complexity index is 492. The molecular weight excluding hydrogens is 251 g/mol. The van der Waals surface area contributed by atoms with E-state index in [2.05, 4.69) is 0 Å². The zero-order valence-electron chi connectivity index (χ0n) is 10.8. The van der Waals surface area contributed by atoms with Crippen LogP contribution in [-0.4, -0.2) is 23.3 Å². The predicted molar refractivity (Wildman–Crippen MR) is 67.0 cm³/mol. The average Bonchev–Trinajstić information content (AvgIpc) is 2.41. The molecule has 19 heavy (non-hydrogen) atoms. The molecule has 1 aromatic rings. The highest BCUT2D eigenvalue weighted by Gasteiger charge is 2.44. The number of rotatable bonds is 3. The van der Waals surface area contributed by atoms with Crippen LogP contribution in [-0.2, 0) is 10.2 Å². The molecule has 0 spiro atoms. The topological polar surface area (TPSA) is 66.8 Å². The van der Waals surface area contributed by atoms with E-state index in [1.54, 1.807) is 0 Å². The first kappa shape index (κ1) is 13.6. The van der Waals surface area contributed by atoms with E-state index >= 15 is 0 Å². The van der Waals surface area contributed by atoms with Crippen molar-refractivity contribution >= 4 is 5.97 Å². The maximum Gasteiger partial charge on any atom is 0.314 e. The van der Waals surface area contributed by atoms with Gasteiger partial charge in [-0.1, -0.05) is 19.3 Å². The minimum Gasteiger partial charge on any atom is -0.504 e. The molecule has 0 bridgehead atoms. The molecule has 0 unspecified atom stereocenters. The number of carbonyl (C=O) groups is 1. The van der Waals surface area contributed by atoms with Gasteiger partial charge in [-0.2, -0.15) is 0 Å². The van der Waals surface area contributed by atoms with Gasteiger partial charge in [0.25, 0.3) is 0 Å². The average molecular weight is 268 g/mol. The Morgan fingerprint density at radius 2 is 1.95 bits per heavy atom. The highest BCUT2D eigenvalue weighted by atomic mass is 19.1. The molecule has 0 saturated heterocycles. The van der Waals surface area contributed by atoms with E-state index in [-0.39, 0.29) is 17.1 Å². The zero-order valence-corrected chi connectivity index (χ0v) is 10.8. The van der Waals surface area contributed by atoms with Gasteiger partial charge in [-0.15, -0.1) is 0 Å². The number of carboxylic acids is 1. The molecule has 0 heterocycles. The Morgan fingerprint density at radius 1 is 1.32 bits per heavy atom. The van der Waals surface area contributed by atoms with E-state index in [0.29, 0.717) is 12.8 Å². The van der Waals surface area contributed by atoms with Gasteiger partial charge in [0.2, 0.25) is 0 Å². The van der Waals surface area contributed by atoms with Gasteiger partial charge in [-0.3, -0.25) is 4.79 Å². The van der Waals surface area contributed by atoms with E-state index in [0.717, 1.165) is 31.4 Å². The van der Waals surface area contributed by atoms with Crippen LogP contribution in [0.15, 0.2) is 12.1 Å². The first-order valence-electron chi connectivity index (χ1n) is 6.31. The van der Waals surface area contributed by atoms with E-state index in [9.17, 15) is 19.4 Å². The van der Waals surface area contributed by atoms with Crippen molar-refractivity contribution in [2.75, 3.05) is 7.11 Å². The number of aromatic hydroxyl groups is 1. The molecule has 1 aromatic carbocycles. The van der Waals surface area contributed by atoms with Gasteiger partial charge in [0.05, 0.1) is 12.5 Å². The van der Waals surface area contributed by atoms with Crippen LogP contribution in [0.5, 0.6) is 11.5 Å². The maximum absolute atomic E-state index is 13.6. The van der Waals surface area contributed by atoms with Crippen molar-refractivity contribution < 1.29 is 24.1 Å². The predicted octanol–water partition coefficient (Wildman–Crippen LogP) is 2.83. The van der Waals surface area contributed by atoms with Crippen LogP contribution in [0.25, 0.3) is 0 Å². The summed E-state index contributed by atoms with van der Waals surface area (Å²) in [5.74, 6) is -1.92. The van der Waals surface area contributed by atoms with Crippen molar-refractivity contribution in [1.29, 1.82) is 0 Å². The summed E-state index contributed by atoms with van der Waals surface area (Å²) in [4.78, 5) is 11.7. The van der Waals surface area contributed by atoms with Crippen LogP contribution in [0, 0.1) is 5.82 Å². The number of phenols is 1. The summed E-state index contributed by atoms with van der Waals surface area (Å²) < 4.78 is 18.5. The first-order valence-corrected chi connectivity index (χ1v) is 6.31. The van der Waals surface area contributed by atoms with E-state index < -0.39 is 17.2 Å². The van der Waals surface area contributed by atoms with Gasteiger partial charge < -0.3 is 14.9 Å². The Morgan fingerprint density at radius 3 is 2.47 bits per heavy atom. The van der Waals surface area contributed by atoms with Crippen LogP contribution >= 0.6 is 0 Å². The Kier molecular flexibility index (Phi) is 3.64. The number of phenolic OH excluding ortho intramolecular Hbond substituents is 1. The highest BCUT2D eigenvalue weighted by molar-refractivity contribution is 5.83. The lowest BCUT2D eigenvalue weighted by molar-refractivity contribution is -0.145. The fraction of sp³-hybridized carbons (Fsp3) is 0.500. The molecule has 1 fully saturated rings. The minimum absolute atomic E-state index is 0.0267. The summed E-state index contributed by atoms with van der Waals surface area (Å²) in [5, 5.41) is 19.7. The first-order chi connectivity index (χ1) is 9.01. The van der Waals surface area contributed by atoms with Gasteiger partial charge >= 0.3 is 5.97 Å². The molecule has 0 aromatic heterocycles. The number of halogens is 1. The quantitative estimate of drug-likeness (QED) is 0.884. The molecule has 0 amide bonds. The SMILES string of the molecule is COc1cc(F)cc(C2(C(=O)O)CCCCC2)c1O. The number of hydrogen-bond acceptors (Lipinski definition) is 3. The largest absolute Gasteiger partial charge is 0.504 e. The minimum atomic E-state index is -1.21. The molecule has 1 saturated carbocycles. The molecule has 5 heteroatoms. The van der Waals surface area contributed by atoms with E-state index in [4.69, 9.17) is 4.74 Å². The smallest absolute Gasteiger partial charge is 0.314 e. The van der Waals surface area contributed by atoms with Crippen LogP contribution in [0.3, 0.4) is 0 Å². The molecule has 104 valence electrons. The molecule has 0 radical (unpaired) electrons. The van der Waals surface area contributed by atoms with Crippen molar-refractivity contribution in [2.24, 2.45) is 0 Å². The number of aliphatic carboxylic acids is 1. The van der Waals surface area contributed by atoms with Gasteiger partial charge in [0, 0.05) is 11.6 Å². The second-order valence-electron chi connectivity index (χ2n) is 4.95. The zero-order chi connectivity index (χ0) is 14.0. The summed E-state index contributed by atoms with van der Waals surface area (Å²) in [6, 6.07) is 2.16. The van der Waals surface area contributed by atoms with Crippen molar-refractivity contribution in [3.8, 4) is 11.5 Å². The van der Waals surface area contributed by atoms with Crippen molar-refractivity contribution in [1.82, 2.24) is 0 Å². The van der Waals surface area contributed by atoms with Crippen LogP contribution in [0.1, 0.15) is 37.7 Å². The van der Waals surface area contributed by atoms with E-state index in [1.165, 1.54) is 7.11 Å². The number of methoxy groups -OCH3 is 1. The third kappa shape index (κ3) is 2.25. The molecule has 1 aliphatic carbocycles. The van der Waals surface area contributed by atoms with Gasteiger partial charge in [0.15, 0.2) is 11.5 Å². The molecule has 4 nitrogen and oxygen atoms in total. The molecule has 0 aliphatic heterocycles.